The van der Waals surface area contributed by atoms with Crippen LogP contribution in [0.1, 0.15) is 5.56 Å². The number of anilines is 1. The van der Waals surface area contributed by atoms with Crippen LogP contribution >= 0.6 is 39.1 Å². The lowest BCUT2D eigenvalue weighted by atomic mass is 10.2. The van der Waals surface area contributed by atoms with Crippen molar-refractivity contribution < 1.29 is 4.92 Å². The van der Waals surface area contributed by atoms with E-state index in [-0.39, 0.29) is 5.69 Å². The van der Waals surface area contributed by atoms with E-state index in [1.54, 1.807) is 6.07 Å². The van der Waals surface area contributed by atoms with Crippen LogP contribution < -0.4 is 5.32 Å². The molecule has 0 atom stereocenters. The lowest BCUT2D eigenvalue weighted by Crippen LogP contribution is -2.00. The van der Waals surface area contributed by atoms with Gasteiger partial charge in [-0.05, 0) is 39.7 Å². The van der Waals surface area contributed by atoms with Gasteiger partial charge >= 0.3 is 0 Å². The summed E-state index contributed by atoms with van der Waals surface area (Å²) in [4.78, 5) is 10.1. The monoisotopic (exact) mass is 374 g/mol. The zero-order valence-corrected chi connectivity index (χ0v) is 13.2. The maximum Gasteiger partial charge on any atom is 0.271 e. The third kappa shape index (κ3) is 3.62. The van der Waals surface area contributed by atoms with Gasteiger partial charge in [0, 0.05) is 23.2 Å². The van der Waals surface area contributed by atoms with Gasteiger partial charge in [-0.25, -0.2) is 0 Å². The fourth-order valence-electron chi connectivity index (χ4n) is 1.61. The summed E-state index contributed by atoms with van der Waals surface area (Å²) in [6, 6.07) is 9.92. The van der Waals surface area contributed by atoms with Crippen LogP contribution in [-0.2, 0) is 6.54 Å². The number of nitrogens with one attached hydrogen (secondary N) is 1. The summed E-state index contributed by atoms with van der Waals surface area (Å²) in [6.45, 7) is 0.518. The van der Waals surface area contributed by atoms with Crippen molar-refractivity contribution in [2.75, 3.05) is 5.32 Å². The number of hydrogen-bond acceptors (Lipinski definition) is 3. The SMILES string of the molecule is O=[N+]([O-])c1ccc(NCc2ccc(Br)c(Cl)c2)c(Cl)c1. The molecule has 0 saturated heterocycles. The van der Waals surface area contributed by atoms with Gasteiger partial charge in [-0.1, -0.05) is 29.3 Å². The van der Waals surface area contributed by atoms with Crippen LogP contribution in [-0.4, -0.2) is 4.92 Å². The van der Waals surface area contributed by atoms with Gasteiger partial charge in [-0.15, -0.1) is 0 Å². The first-order valence-corrected chi connectivity index (χ1v) is 7.14. The molecule has 0 aromatic heterocycles. The van der Waals surface area contributed by atoms with Crippen molar-refractivity contribution in [1.29, 1.82) is 0 Å². The number of nitro benzene ring substituents is 1. The van der Waals surface area contributed by atoms with E-state index in [1.165, 1.54) is 12.1 Å². The lowest BCUT2D eigenvalue weighted by molar-refractivity contribution is -0.384. The van der Waals surface area contributed by atoms with Crippen LogP contribution in [0.15, 0.2) is 40.9 Å². The summed E-state index contributed by atoms with van der Waals surface area (Å²) in [5.74, 6) is 0. The molecular weight excluding hydrogens is 367 g/mol. The Hall–Kier alpha value is -1.30. The predicted octanol–water partition coefficient (Wildman–Crippen LogP) is 5.28. The van der Waals surface area contributed by atoms with Crippen LogP contribution in [0.25, 0.3) is 0 Å². The summed E-state index contributed by atoms with van der Waals surface area (Å²) in [6.07, 6.45) is 0. The molecule has 0 heterocycles. The van der Waals surface area contributed by atoms with Crippen molar-refractivity contribution in [2.24, 2.45) is 0 Å². The van der Waals surface area contributed by atoms with E-state index in [1.807, 2.05) is 18.2 Å². The molecule has 0 saturated carbocycles. The van der Waals surface area contributed by atoms with E-state index in [0.717, 1.165) is 10.0 Å². The van der Waals surface area contributed by atoms with Crippen LogP contribution in [0.5, 0.6) is 0 Å². The summed E-state index contributed by atoms with van der Waals surface area (Å²) in [7, 11) is 0. The van der Waals surface area contributed by atoms with Gasteiger partial charge in [-0.3, -0.25) is 10.1 Å². The minimum absolute atomic E-state index is 0.0350. The van der Waals surface area contributed by atoms with Gasteiger partial charge in [0.1, 0.15) is 0 Å². The first-order valence-electron chi connectivity index (χ1n) is 5.59. The quantitative estimate of drug-likeness (QED) is 0.584. The molecule has 20 heavy (non-hydrogen) atoms. The topological polar surface area (TPSA) is 55.2 Å². The van der Waals surface area contributed by atoms with E-state index in [9.17, 15) is 10.1 Å². The second-order valence-corrected chi connectivity index (χ2v) is 5.69. The van der Waals surface area contributed by atoms with Gasteiger partial charge in [0.15, 0.2) is 0 Å². The second-order valence-electron chi connectivity index (χ2n) is 4.02. The Bertz CT molecular complexity index is 665. The molecule has 0 aliphatic rings. The Balaban J connectivity index is 2.10. The van der Waals surface area contributed by atoms with Crippen LogP contribution in [0.2, 0.25) is 10.0 Å². The molecule has 2 aromatic rings. The Kier molecular flexibility index (Phi) is 4.86. The maximum atomic E-state index is 10.6. The standard InChI is InChI=1S/C13H9BrCl2N2O2/c14-10-3-1-8(5-11(10)15)7-17-13-4-2-9(18(19)20)6-12(13)16/h1-6,17H,7H2. The number of hydrogen-bond donors (Lipinski definition) is 1. The largest absolute Gasteiger partial charge is 0.380 e. The fourth-order valence-corrected chi connectivity index (χ4v) is 2.30. The van der Waals surface area contributed by atoms with Crippen molar-refractivity contribution in [3.63, 3.8) is 0 Å². The van der Waals surface area contributed by atoms with Crippen molar-refractivity contribution >= 4 is 50.5 Å². The van der Waals surface area contributed by atoms with E-state index >= 15 is 0 Å². The Morgan fingerprint density at radius 3 is 2.50 bits per heavy atom. The van der Waals surface area contributed by atoms with Crippen LogP contribution in [0.3, 0.4) is 0 Å². The Labute approximate surface area is 134 Å². The predicted molar refractivity (Wildman–Crippen MR) is 84.6 cm³/mol. The lowest BCUT2D eigenvalue weighted by Gasteiger charge is -2.09. The Morgan fingerprint density at radius 2 is 1.90 bits per heavy atom. The first kappa shape index (κ1) is 15.1. The third-order valence-electron chi connectivity index (χ3n) is 2.63. The summed E-state index contributed by atoms with van der Waals surface area (Å²) < 4.78 is 0.830. The molecule has 0 aliphatic carbocycles. The van der Waals surface area contributed by atoms with Crippen molar-refractivity contribution in [3.8, 4) is 0 Å². The highest BCUT2D eigenvalue weighted by Crippen LogP contribution is 2.28. The minimum atomic E-state index is -0.482. The molecule has 2 aromatic carbocycles. The fraction of sp³-hybridized carbons (Fsp3) is 0.0769. The molecule has 0 unspecified atom stereocenters. The third-order valence-corrected chi connectivity index (χ3v) is 4.18. The van der Waals surface area contributed by atoms with E-state index in [0.29, 0.717) is 22.3 Å². The smallest absolute Gasteiger partial charge is 0.271 e. The molecular formula is C13H9BrCl2N2O2. The molecule has 0 fully saturated rings. The molecule has 4 nitrogen and oxygen atoms in total. The molecule has 1 N–H and O–H groups in total. The van der Waals surface area contributed by atoms with E-state index in [4.69, 9.17) is 23.2 Å². The molecule has 0 bridgehead atoms. The highest BCUT2D eigenvalue weighted by molar-refractivity contribution is 9.10. The van der Waals surface area contributed by atoms with Crippen LogP contribution in [0, 0.1) is 10.1 Å². The highest BCUT2D eigenvalue weighted by Gasteiger charge is 2.09. The molecule has 0 amide bonds. The average Bonchev–Trinajstić information content (AvgIpc) is 2.41. The summed E-state index contributed by atoms with van der Waals surface area (Å²) in [5, 5.41) is 14.7. The summed E-state index contributed by atoms with van der Waals surface area (Å²) >= 11 is 15.3. The number of non-ortho nitro benzene ring substituents is 1. The van der Waals surface area contributed by atoms with Gasteiger partial charge in [0.25, 0.3) is 5.69 Å². The number of rotatable bonds is 4. The molecule has 0 spiro atoms. The van der Waals surface area contributed by atoms with Crippen LogP contribution in [0.4, 0.5) is 11.4 Å². The molecule has 2 rings (SSSR count). The molecule has 0 radical (unpaired) electrons. The molecule has 104 valence electrons. The van der Waals surface area contributed by atoms with Gasteiger partial charge < -0.3 is 5.32 Å². The van der Waals surface area contributed by atoms with Gasteiger partial charge in [0.05, 0.1) is 20.7 Å². The Morgan fingerprint density at radius 1 is 1.15 bits per heavy atom. The number of halogens is 3. The number of nitro groups is 1. The number of nitrogens with zero attached hydrogens (tertiary/aromatic N) is 1. The normalized spacial score (nSPS) is 10.3. The maximum absolute atomic E-state index is 10.6. The summed E-state index contributed by atoms with van der Waals surface area (Å²) in [5.41, 5.74) is 1.58. The van der Waals surface area contributed by atoms with Crippen molar-refractivity contribution in [2.45, 2.75) is 6.54 Å². The molecule has 7 heteroatoms. The molecule has 0 aliphatic heterocycles. The van der Waals surface area contributed by atoms with Crippen molar-refractivity contribution in [1.82, 2.24) is 0 Å². The highest BCUT2D eigenvalue weighted by atomic mass is 79.9. The zero-order chi connectivity index (χ0) is 14.7. The average molecular weight is 376 g/mol. The van der Waals surface area contributed by atoms with E-state index in [2.05, 4.69) is 21.2 Å². The minimum Gasteiger partial charge on any atom is -0.380 e. The first-order chi connectivity index (χ1) is 9.47. The number of benzene rings is 2. The van der Waals surface area contributed by atoms with E-state index < -0.39 is 4.92 Å². The second kappa shape index (κ2) is 6.43. The zero-order valence-electron chi connectivity index (χ0n) is 10.1. The van der Waals surface area contributed by atoms with Gasteiger partial charge in [0.2, 0.25) is 0 Å². The van der Waals surface area contributed by atoms with Gasteiger partial charge in [-0.2, -0.15) is 0 Å². The van der Waals surface area contributed by atoms with Crippen molar-refractivity contribution in [3.05, 3.63) is 66.6 Å².